The Kier molecular flexibility index (Phi) is 5.22. The molecule has 4 rings (SSSR count). The van der Waals surface area contributed by atoms with E-state index in [4.69, 9.17) is 9.26 Å². The molecule has 1 aromatic heterocycles. The van der Waals surface area contributed by atoms with Crippen LogP contribution in [-0.4, -0.2) is 72.8 Å². The zero-order chi connectivity index (χ0) is 18.8. The number of ether oxygens (including phenoxy) is 1. The number of carbonyl (C=O) groups is 1. The minimum Gasteiger partial charge on any atom is -0.379 e. The van der Waals surface area contributed by atoms with E-state index in [1.165, 1.54) is 0 Å². The van der Waals surface area contributed by atoms with Crippen LogP contribution < -0.4 is 0 Å². The van der Waals surface area contributed by atoms with Crippen molar-refractivity contribution in [3.63, 3.8) is 0 Å². The van der Waals surface area contributed by atoms with Crippen molar-refractivity contribution in [2.75, 3.05) is 46.9 Å². The summed E-state index contributed by atoms with van der Waals surface area (Å²) in [4.78, 5) is 21.4. The van der Waals surface area contributed by atoms with Gasteiger partial charge in [-0.1, -0.05) is 17.3 Å². The molecule has 0 spiro atoms. The molecular weight excluding hydrogens is 344 g/mol. The number of benzene rings is 1. The van der Waals surface area contributed by atoms with Gasteiger partial charge in [-0.2, -0.15) is 4.98 Å². The molecule has 1 saturated heterocycles. The van der Waals surface area contributed by atoms with Crippen molar-refractivity contribution >= 4 is 5.91 Å². The molecule has 2 aromatic rings. The molecular formula is C20H26N4O3. The molecule has 1 saturated carbocycles. The van der Waals surface area contributed by atoms with Crippen molar-refractivity contribution in [1.82, 2.24) is 19.9 Å². The molecule has 1 aliphatic carbocycles. The van der Waals surface area contributed by atoms with Gasteiger partial charge in [-0.3, -0.25) is 4.79 Å². The number of hydrogen-bond acceptors (Lipinski definition) is 6. The molecule has 7 nitrogen and oxygen atoms in total. The van der Waals surface area contributed by atoms with Gasteiger partial charge in [0.05, 0.1) is 13.2 Å². The van der Waals surface area contributed by atoms with Crippen molar-refractivity contribution in [3.05, 3.63) is 35.7 Å². The van der Waals surface area contributed by atoms with Crippen molar-refractivity contribution in [1.29, 1.82) is 0 Å². The summed E-state index contributed by atoms with van der Waals surface area (Å²) in [5, 5.41) is 4.06. The van der Waals surface area contributed by atoms with E-state index in [1.807, 2.05) is 43.3 Å². The third-order valence-corrected chi connectivity index (χ3v) is 5.01. The number of amides is 1. The Morgan fingerprint density at radius 3 is 2.74 bits per heavy atom. The minimum atomic E-state index is 0.0441. The molecule has 1 amide bonds. The molecule has 2 aliphatic rings. The second kappa shape index (κ2) is 7.78. The van der Waals surface area contributed by atoms with Crippen LogP contribution in [0.1, 0.15) is 35.0 Å². The van der Waals surface area contributed by atoms with Gasteiger partial charge in [-0.05, 0) is 39.1 Å². The zero-order valence-electron chi connectivity index (χ0n) is 15.9. The fourth-order valence-electron chi connectivity index (χ4n) is 3.48. The van der Waals surface area contributed by atoms with Gasteiger partial charge in [0.1, 0.15) is 0 Å². The summed E-state index contributed by atoms with van der Waals surface area (Å²) in [6, 6.07) is 7.47. The van der Waals surface area contributed by atoms with Crippen LogP contribution in [0.15, 0.2) is 28.8 Å². The van der Waals surface area contributed by atoms with E-state index in [0.717, 1.165) is 30.8 Å². The van der Waals surface area contributed by atoms with Crippen LogP contribution in [0.5, 0.6) is 0 Å². The lowest BCUT2D eigenvalue weighted by atomic mass is 10.1. The Labute approximate surface area is 159 Å². The summed E-state index contributed by atoms with van der Waals surface area (Å²) in [5.41, 5.74) is 1.54. The Balaban J connectivity index is 1.44. The quantitative estimate of drug-likeness (QED) is 0.804. The van der Waals surface area contributed by atoms with E-state index in [1.54, 1.807) is 0 Å². The molecule has 1 aromatic carbocycles. The predicted octanol–water partition coefficient (Wildman–Crippen LogP) is 2.26. The average molecular weight is 370 g/mol. The van der Waals surface area contributed by atoms with E-state index in [0.29, 0.717) is 49.5 Å². The fraction of sp³-hybridized carbons (Fsp3) is 0.550. The lowest BCUT2D eigenvalue weighted by Crippen LogP contribution is -2.38. The molecule has 144 valence electrons. The number of carbonyl (C=O) groups excluding carboxylic acids is 1. The van der Waals surface area contributed by atoms with E-state index in [2.05, 4.69) is 15.0 Å². The van der Waals surface area contributed by atoms with Gasteiger partial charge in [0.15, 0.2) is 0 Å². The molecule has 1 aliphatic heterocycles. The molecule has 7 heteroatoms. The highest BCUT2D eigenvalue weighted by Crippen LogP contribution is 2.39. The maximum Gasteiger partial charge on any atom is 0.253 e. The third-order valence-electron chi connectivity index (χ3n) is 5.01. The summed E-state index contributed by atoms with van der Waals surface area (Å²) >= 11 is 0. The van der Waals surface area contributed by atoms with Gasteiger partial charge in [0.25, 0.3) is 5.91 Å². The normalized spacial score (nSPS) is 20.7. The second-order valence-electron chi connectivity index (χ2n) is 7.76. The third kappa shape index (κ3) is 4.36. The standard InChI is InChI=1S/C20H26N4O3/c1-23(2)11-14-12-24(9-10-26-13-14)20(25)17-7-3-15(4-8-17)18-21-19(27-22-18)16-5-6-16/h3-4,7-8,14,16H,5-6,9-13H2,1-2H3/t14-/m0/s1. The highest BCUT2D eigenvalue weighted by atomic mass is 16.5. The Bertz CT molecular complexity index is 783. The number of rotatable bonds is 5. The monoisotopic (exact) mass is 370 g/mol. The highest BCUT2D eigenvalue weighted by molar-refractivity contribution is 5.94. The largest absolute Gasteiger partial charge is 0.379 e. The first-order valence-corrected chi connectivity index (χ1v) is 9.56. The summed E-state index contributed by atoms with van der Waals surface area (Å²) in [6.07, 6.45) is 2.26. The zero-order valence-corrected chi connectivity index (χ0v) is 15.9. The number of hydrogen-bond donors (Lipinski definition) is 0. The lowest BCUT2D eigenvalue weighted by molar-refractivity contribution is 0.0735. The van der Waals surface area contributed by atoms with Gasteiger partial charge in [-0.25, -0.2) is 0 Å². The van der Waals surface area contributed by atoms with E-state index < -0.39 is 0 Å². The minimum absolute atomic E-state index is 0.0441. The number of nitrogens with zero attached hydrogens (tertiary/aromatic N) is 4. The average Bonchev–Trinajstić information content (AvgIpc) is 3.44. The molecule has 27 heavy (non-hydrogen) atoms. The topological polar surface area (TPSA) is 71.7 Å². The van der Waals surface area contributed by atoms with Gasteiger partial charge in [0.2, 0.25) is 11.7 Å². The highest BCUT2D eigenvalue weighted by Gasteiger charge is 2.30. The molecule has 0 unspecified atom stereocenters. The summed E-state index contributed by atoms with van der Waals surface area (Å²) in [5.74, 6) is 2.12. The van der Waals surface area contributed by atoms with Gasteiger partial charge in [0, 0.05) is 42.6 Å². The fourth-order valence-corrected chi connectivity index (χ4v) is 3.48. The molecule has 2 fully saturated rings. The molecule has 1 atom stereocenters. The smallest absolute Gasteiger partial charge is 0.253 e. The first-order valence-electron chi connectivity index (χ1n) is 9.56. The van der Waals surface area contributed by atoms with Crippen molar-refractivity contribution in [2.24, 2.45) is 5.92 Å². The van der Waals surface area contributed by atoms with E-state index in [-0.39, 0.29) is 5.91 Å². The van der Waals surface area contributed by atoms with Crippen LogP contribution >= 0.6 is 0 Å². The Morgan fingerprint density at radius 2 is 2.04 bits per heavy atom. The van der Waals surface area contributed by atoms with Crippen LogP contribution in [0, 0.1) is 5.92 Å². The maximum absolute atomic E-state index is 12.9. The first kappa shape index (κ1) is 18.1. The maximum atomic E-state index is 12.9. The number of aromatic nitrogens is 2. The second-order valence-corrected chi connectivity index (χ2v) is 7.76. The molecule has 2 heterocycles. The summed E-state index contributed by atoms with van der Waals surface area (Å²) in [6.45, 7) is 3.53. The first-order chi connectivity index (χ1) is 13.1. The van der Waals surface area contributed by atoms with Crippen LogP contribution in [0.2, 0.25) is 0 Å². The summed E-state index contributed by atoms with van der Waals surface area (Å²) in [7, 11) is 4.09. The lowest BCUT2D eigenvalue weighted by Gasteiger charge is -2.25. The van der Waals surface area contributed by atoms with Crippen LogP contribution in [0.25, 0.3) is 11.4 Å². The van der Waals surface area contributed by atoms with E-state index >= 15 is 0 Å². The van der Waals surface area contributed by atoms with Gasteiger partial charge < -0.3 is 19.1 Å². The molecule has 0 N–H and O–H groups in total. The predicted molar refractivity (Wildman–Crippen MR) is 100 cm³/mol. The van der Waals surface area contributed by atoms with Crippen molar-refractivity contribution in [3.8, 4) is 11.4 Å². The Hall–Kier alpha value is -2.25. The Morgan fingerprint density at radius 1 is 1.26 bits per heavy atom. The van der Waals surface area contributed by atoms with Crippen molar-refractivity contribution in [2.45, 2.75) is 18.8 Å². The molecule has 0 bridgehead atoms. The van der Waals surface area contributed by atoms with Gasteiger partial charge >= 0.3 is 0 Å². The van der Waals surface area contributed by atoms with Crippen LogP contribution in [0.4, 0.5) is 0 Å². The summed E-state index contributed by atoms with van der Waals surface area (Å²) < 4.78 is 11.0. The van der Waals surface area contributed by atoms with E-state index in [9.17, 15) is 4.79 Å². The molecule has 0 radical (unpaired) electrons. The van der Waals surface area contributed by atoms with Crippen LogP contribution in [0.3, 0.4) is 0 Å². The SMILES string of the molecule is CN(C)C[C@@H]1COCCN(C(=O)c2ccc(-c3noc(C4CC4)n3)cc2)C1. The van der Waals surface area contributed by atoms with Crippen LogP contribution in [-0.2, 0) is 4.74 Å². The van der Waals surface area contributed by atoms with Crippen molar-refractivity contribution < 1.29 is 14.1 Å². The van der Waals surface area contributed by atoms with Gasteiger partial charge in [-0.15, -0.1) is 0 Å².